The van der Waals surface area contributed by atoms with Gasteiger partial charge in [-0.05, 0) is 36.9 Å². The smallest absolute Gasteiger partial charge is 0.321 e. The fourth-order valence-corrected chi connectivity index (χ4v) is 3.13. The molecule has 7 heteroatoms. The number of amides is 1. The molecule has 0 radical (unpaired) electrons. The molecule has 1 aliphatic carbocycles. The number of aldehydes is 1. The number of thioether (sulfide) groups is 1. The van der Waals surface area contributed by atoms with Crippen LogP contribution >= 0.6 is 11.8 Å². The summed E-state index contributed by atoms with van der Waals surface area (Å²) in [5.41, 5.74) is 5.78. The number of carboxylic acids is 1. The van der Waals surface area contributed by atoms with Crippen molar-refractivity contribution in [2.24, 2.45) is 17.1 Å². The van der Waals surface area contributed by atoms with Crippen molar-refractivity contribution in [1.82, 2.24) is 5.32 Å². The fourth-order valence-electron chi connectivity index (χ4n) is 2.16. The number of carbonyl (C=O) groups is 3. The van der Waals surface area contributed by atoms with Gasteiger partial charge in [-0.3, -0.25) is 14.4 Å². The van der Waals surface area contributed by atoms with Gasteiger partial charge in [0, 0.05) is 11.7 Å². The van der Waals surface area contributed by atoms with Crippen molar-refractivity contribution in [2.45, 2.75) is 45.6 Å². The van der Waals surface area contributed by atoms with E-state index in [4.69, 9.17) is 10.8 Å². The number of hydrogen-bond donors (Lipinski definition) is 3. The summed E-state index contributed by atoms with van der Waals surface area (Å²) >= 11 is 1.51. The Morgan fingerprint density at radius 3 is 2.61 bits per heavy atom. The first-order chi connectivity index (χ1) is 10.8. The minimum absolute atomic E-state index is 0.000642. The van der Waals surface area contributed by atoms with Crippen LogP contribution in [0.4, 0.5) is 0 Å². The summed E-state index contributed by atoms with van der Waals surface area (Å²) in [6, 6.07) is -0.816. The molecule has 0 spiro atoms. The average molecular weight is 342 g/mol. The summed E-state index contributed by atoms with van der Waals surface area (Å²) < 4.78 is 0. The van der Waals surface area contributed by atoms with Gasteiger partial charge in [0.15, 0.2) is 6.29 Å². The van der Waals surface area contributed by atoms with E-state index in [1.807, 2.05) is 13.8 Å². The number of nitrogens with one attached hydrogen (secondary N) is 1. The van der Waals surface area contributed by atoms with E-state index in [9.17, 15) is 14.4 Å². The molecule has 130 valence electrons. The van der Waals surface area contributed by atoms with Crippen LogP contribution in [0.5, 0.6) is 0 Å². The Labute approximate surface area is 141 Å². The first-order valence-electron chi connectivity index (χ1n) is 7.80. The molecular weight excluding hydrogens is 316 g/mol. The maximum absolute atomic E-state index is 11.9. The molecule has 1 rings (SSSR count). The van der Waals surface area contributed by atoms with Gasteiger partial charge < -0.3 is 16.2 Å². The average Bonchev–Trinajstić information content (AvgIpc) is 3.13. The summed E-state index contributed by atoms with van der Waals surface area (Å²) in [6.07, 6.45) is 5.76. The van der Waals surface area contributed by atoms with Gasteiger partial charge in [-0.15, -0.1) is 0 Å². The predicted octanol–water partition coefficient (Wildman–Crippen LogP) is 1.55. The molecule has 0 heterocycles. The zero-order valence-corrected chi connectivity index (χ0v) is 14.5. The largest absolute Gasteiger partial charge is 0.480 e. The zero-order chi connectivity index (χ0) is 17.5. The SMILES string of the molecule is CC1(C)C[C@@H]1C(=O)N/C(C=O)=C\CCCCSC[C@H](N)C(=O)O. The van der Waals surface area contributed by atoms with E-state index >= 15 is 0 Å². The van der Waals surface area contributed by atoms with Gasteiger partial charge in [0.1, 0.15) is 6.04 Å². The zero-order valence-electron chi connectivity index (χ0n) is 13.7. The van der Waals surface area contributed by atoms with Crippen LogP contribution in [0.1, 0.15) is 39.5 Å². The van der Waals surface area contributed by atoms with Gasteiger partial charge in [0.2, 0.25) is 5.91 Å². The Balaban J connectivity index is 2.16. The van der Waals surface area contributed by atoms with E-state index in [1.165, 1.54) is 11.8 Å². The number of unbranched alkanes of at least 4 members (excludes halogenated alkanes) is 2. The predicted molar refractivity (Wildman–Crippen MR) is 91.0 cm³/mol. The van der Waals surface area contributed by atoms with E-state index in [2.05, 4.69) is 5.32 Å². The highest BCUT2D eigenvalue weighted by molar-refractivity contribution is 7.99. The Morgan fingerprint density at radius 1 is 1.43 bits per heavy atom. The van der Waals surface area contributed by atoms with Crippen molar-refractivity contribution in [3.63, 3.8) is 0 Å². The van der Waals surface area contributed by atoms with E-state index in [1.54, 1.807) is 6.08 Å². The van der Waals surface area contributed by atoms with E-state index in [0.29, 0.717) is 24.2 Å². The van der Waals surface area contributed by atoms with Crippen molar-refractivity contribution in [1.29, 1.82) is 0 Å². The minimum atomic E-state index is -0.981. The second kappa shape index (κ2) is 9.08. The number of nitrogens with two attached hydrogens (primary N) is 1. The molecule has 0 saturated heterocycles. The third-order valence-corrected chi connectivity index (χ3v) is 5.12. The molecule has 0 aliphatic heterocycles. The number of allylic oxidation sites excluding steroid dienone is 2. The van der Waals surface area contributed by atoms with Gasteiger partial charge in [-0.25, -0.2) is 0 Å². The second-order valence-electron chi connectivity index (χ2n) is 6.53. The lowest BCUT2D eigenvalue weighted by atomic mass is 10.1. The lowest BCUT2D eigenvalue weighted by molar-refractivity contribution is -0.137. The Hall–Kier alpha value is -1.34. The molecule has 2 atom stereocenters. The van der Waals surface area contributed by atoms with Crippen LogP contribution in [0.15, 0.2) is 11.8 Å². The number of hydrogen-bond acceptors (Lipinski definition) is 5. The number of rotatable bonds is 11. The molecule has 6 nitrogen and oxygen atoms in total. The van der Waals surface area contributed by atoms with Gasteiger partial charge in [0.05, 0.1) is 5.70 Å². The van der Waals surface area contributed by atoms with Gasteiger partial charge in [0.25, 0.3) is 0 Å². The standard InChI is InChI=1S/C16H26N2O4S/c1-16(2)8-12(16)14(20)18-11(9-19)6-4-3-5-7-23-10-13(17)15(21)22/h6,9,12-13H,3-5,7-8,10,17H2,1-2H3,(H,18,20)(H,21,22)/b11-6-/t12-,13+/m1/s1. The summed E-state index contributed by atoms with van der Waals surface area (Å²) in [4.78, 5) is 33.4. The molecule has 1 aliphatic rings. The highest BCUT2D eigenvalue weighted by atomic mass is 32.2. The summed E-state index contributed by atoms with van der Waals surface area (Å²) in [6.45, 7) is 4.07. The molecule has 23 heavy (non-hydrogen) atoms. The van der Waals surface area contributed by atoms with Crippen molar-refractivity contribution >= 4 is 29.9 Å². The summed E-state index contributed by atoms with van der Waals surface area (Å²) in [5.74, 6) is 0.171. The maximum Gasteiger partial charge on any atom is 0.321 e. The molecule has 0 unspecified atom stereocenters. The Morgan fingerprint density at radius 2 is 2.09 bits per heavy atom. The molecule has 0 bridgehead atoms. The first kappa shape index (κ1) is 19.7. The Bertz CT molecular complexity index is 477. The van der Waals surface area contributed by atoms with Gasteiger partial charge >= 0.3 is 5.97 Å². The van der Waals surface area contributed by atoms with Crippen LogP contribution in [-0.2, 0) is 14.4 Å². The van der Waals surface area contributed by atoms with Crippen LogP contribution in [-0.4, -0.2) is 40.8 Å². The van der Waals surface area contributed by atoms with Gasteiger partial charge in [-0.1, -0.05) is 19.9 Å². The summed E-state index contributed by atoms with van der Waals surface area (Å²) in [5, 5.41) is 11.3. The third kappa shape index (κ3) is 7.18. The van der Waals surface area contributed by atoms with Crippen molar-refractivity contribution in [2.75, 3.05) is 11.5 Å². The molecule has 1 fully saturated rings. The number of carbonyl (C=O) groups excluding carboxylic acids is 2. The molecule has 0 aromatic carbocycles. The monoisotopic (exact) mass is 342 g/mol. The lowest BCUT2D eigenvalue weighted by Crippen LogP contribution is -2.32. The molecular formula is C16H26N2O4S. The van der Waals surface area contributed by atoms with Crippen LogP contribution in [0, 0.1) is 11.3 Å². The Kier molecular flexibility index (Phi) is 7.78. The topological polar surface area (TPSA) is 109 Å². The van der Waals surface area contributed by atoms with E-state index < -0.39 is 12.0 Å². The van der Waals surface area contributed by atoms with Crippen LogP contribution in [0.2, 0.25) is 0 Å². The van der Waals surface area contributed by atoms with Crippen LogP contribution < -0.4 is 11.1 Å². The molecule has 0 aromatic rings. The number of carboxylic acid groups (broad SMARTS) is 1. The van der Waals surface area contributed by atoms with E-state index in [0.717, 1.165) is 25.0 Å². The quantitative estimate of drug-likeness (QED) is 0.298. The van der Waals surface area contributed by atoms with Crippen molar-refractivity contribution in [3.05, 3.63) is 11.8 Å². The third-order valence-electron chi connectivity index (χ3n) is 3.95. The fraction of sp³-hybridized carbons (Fsp3) is 0.688. The highest BCUT2D eigenvalue weighted by Crippen LogP contribution is 2.51. The lowest BCUT2D eigenvalue weighted by Gasteiger charge is -2.06. The highest BCUT2D eigenvalue weighted by Gasteiger charge is 2.50. The normalized spacial score (nSPS) is 20.7. The molecule has 1 amide bonds. The maximum atomic E-state index is 11.9. The van der Waals surface area contributed by atoms with Crippen molar-refractivity contribution < 1.29 is 19.5 Å². The van der Waals surface area contributed by atoms with E-state index in [-0.39, 0.29) is 17.2 Å². The first-order valence-corrected chi connectivity index (χ1v) is 8.95. The molecule has 0 aromatic heterocycles. The number of aliphatic carboxylic acids is 1. The summed E-state index contributed by atoms with van der Waals surface area (Å²) in [7, 11) is 0. The molecule has 4 N–H and O–H groups in total. The molecule has 1 saturated carbocycles. The second-order valence-corrected chi connectivity index (χ2v) is 7.68. The minimum Gasteiger partial charge on any atom is -0.480 e. The van der Waals surface area contributed by atoms with Crippen LogP contribution in [0.25, 0.3) is 0 Å². The van der Waals surface area contributed by atoms with Crippen LogP contribution in [0.3, 0.4) is 0 Å². The van der Waals surface area contributed by atoms with Gasteiger partial charge in [-0.2, -0.15) is 11.8 Å². The van der Waals surface area contributed by atoms with Crippen molar-refractivity contribution in [3.8, 4) is 0 Å².